The van der Waals surface area contributed by atoms with Gasteiger partial charge in [0.1, 0.15) is 11.5 Å². The smallest absolute Gasteiger partial charge is 0.115 e. The van der Waals surface area contributed by atoms with Gasteiger partial charge in [-0.25, -0.2) is 0 Å². The number of aromatic hydroxyl groups is 2. The highest BCUT2D eigenvalue weighted by Gasteiger charge is 2.13. The molecule has 0 aliphatic rings. The first-order chi connectivity index (χ1) is 10.1. The van der Waals surface area contributed by atoms with Gasteiger partial charge in [-0.15, -0.1) is 0 Å². The first kappa shape index (κ1) is 13.7. The van der Waals surface area contributed by atoms with Crippen LogP contribution in [0.15, 0.2) is 47.2 Å². The third kappa shape index (κ3) is 2.52. The van der Waals surface area contributed by atoms with E-state index in [0.717, 1.165) is 33.4 Å². The van der Waals surface area contributed by atoms with Crippen LogP contribution in [0.1, 0.15) is 11.1 Å². The molecule has 0 radical (unpaired) electrons. The van der Waals surface area contributed by atoms with Gasteiger partial charge in [-0.1, -0.05) is 12.1 Å². The molecule has 3 rings (SSSR count). The zero-order valence-corrected chi connectivity index (χ0v) is 12.7. The highest BCUT2D eigenvalue weighted by molar-refractivity contribution is 7.08. The van der Waals surface area contributed by atoms with Crippen molar-refractivity contribution in [2.24, 2.45) is 0 Å². The van der Waals surface area contributed by atoms with Gasteiger partial charge in [-0.05, 0) is 71.1 Å². The Morgan fingerprint density at radius 3 is 1.48 bits per heavy atom. The van der Waals surface area contributed by atoms with Crippen molar-refractivity contribution in [1.29, 1.82) is 0 Å². The van der Waals surface area contributed by atoms with Crippen LogP contribution in [-0.4, -0.2) is 10.2 Å². The second-order valence-electron chi connectivity index (χ2n) is 5.20. The summed E-state index contributed by atoms with van der Waals surface area (Å²) in [5.74, 6) is 0.572. The molecule has 0 saturated carbocycles. The molecular weight excluding hydrogens is 280 g/mol. The summed E-state index contributed by atoms with van der Waals surface area (Å²) >= 11 is 1.66. The first-order valence-corrected chi connectivity index (χ1v) is 7.66. The summed E-state index contributed by atoms with van der Waals surface area (Å²) in [6.45, 7) is 4.00. The van der Waals surface area contributed by atoms with E-state index >= 15 is 0 Å². The van der Waals surface area contributed by atoms with E-state index in [-0.39, 0.29) is 11.5 Å². The van der Waals surface area contributed by atoms with Gasteiger partial charge in [0.2, 0.25) is 0 Å². The van der Waals surface area contributed by atoms with Crippen molar-refractivity contribution in [3.63, 3.8) is 0 Å². The second kappa shape index (κ2) is 5.26. The van der Waals surface area contributed by atoms with Crippen molar-refractivity contribution in [1.82, 2.24) is 0 Å². The highest BCUT2D eigenvalue weighted by atomic mass is 32.1. The molecule has 0 spiro atoms. The molecule has 2 nitrogen and oxygen atoms in total. The lowest BCUT2D eigenvalue weighted by Gasteiger charge is -2.11. The Bertz CT molecular complexity index is 737. The minimum absolute atomic E-state index is 0.286. The maximum atomic E-state index is 9.57. The number of phenols is 2. The summed E-state index contributed by atoms with van der Waals surface area (Å²) in [6, 6.07) is 10.9. The number of rotatable bonds is 2. The number of thiophene rings is 1. The lowest BCUT2D eigenvalue weighted by molar-refractivity contribution is 0.474. The third-order valence-corrected chi connectivity index (χ3v) is 4.41. The van der Waals surface area contributed by atoms with Gasteiger partial charge in [0.15, 0.2) is 0 Å². The Morgan fingerprint density at radius 2 is 1.10 bits per heavy atom. The van der Waals surface area contributed by atoms with Gasteiger partial charge in [0.05, 0.1) is 0 Å². The van der Waals surface area contributed by atoms with Gasteiger partial charge < -0.3 is 10.2 Å². The van der Waals surface area contributed by atoms with Crippen LogP contribution in [0.3, 0.4) is 0 Å². The molecule has 1 heterocycles. The standard InChI is InChI=1S/C18H16O2S/c1-11-7-13(19)3-5-15(11)17-9-21-10-18(17)16-6-4-14(20)8-12(16)2/h3-10,19-20H,1-2H3. The van der Waals surface area contributed by atoms with Gasteiger partial charge in [-0.3, -0.25) is 0 Å². The van der Waals surface area contributed by atoms with E-state index in [1.54, 1.807) is 35.6 Å². The molecule has 0 fully saturated rings. The van der Waals surface area contributed by atoms with Gasteiger partial charge in [0, 0.05) is 11.1 Å². The van der Waals surface area contributed by atoms with Crippen molar-refractivity contribution < 1.29 is 10.2 Å². The third-order valence-electron chi connectivity index (χ3n) is 3.66. The van der Waals surface area contributed by atoms with Crippen molar-refractivity contribution in [3.8, 4) is 33.8 Å². The summed E-state index contributed by atoms with van der Waals surface area (Å²) in [5.41, 5.74) is 6.66. The van der Waals surface area contributed by atoms with Gasteiger partial charge >= 0.3 is 0 Å². The van der Waals surface area contributed by atoms with E-state index < -0.39 is 0 Å². The van der Waals surface area contributed by atoms with E-state index in [0.29, 0.717) is 0 Å². The summed E-state index contributed by atoms with van der Waals surface area (Å²) in [6.07, 6.45) is 0. The quantitative estimate of drug-likeness (QED) is 0.690. The second-order valence-corrected chi connectivity index (χ2v) is 5.94. The highest BCUT2D eigenvalue weighted by Crippen LogP contribution is 2.39. The predicted molar refractivity (Wildman–Crippen MR) is 88.0 cm³/mol. The van der Waals surface area contributed by atoms with E-state index in [4.69, 9.17) is 0 Å². The molecule has 3 aromatic rings. The topological polar surface area (TPSA) is 40.5 Å². The van der Waals surface area contributed by atoms with Crippen LogP contribution in [0.4, 0.5) is 0 Å². The molecule has 106 valence electrons. The molecule has 0 amide bonds. The van der Waals surface area contributed by atoms with Crippen LogP contribution in [0, 0.1) is 13.8 Å². The van der Waals surface area contributed by atoms with E-state index in [2.05, 4.69) is 10.8 Å². The average molecular weight is 296 g/mol. The monoisotopic (exact) mass is 296 g/mol. The minimum atomic E-state index is 0.286. The first-order valence-electron chi connectivity index (χ1n) is 6.72. The molecule has 0 saturated heterocycles. The summed E-state index contributed by atoms with van der Waals surface area (Å²) in [5, 5.41) is 23.4. The fourth-order valence-electron chi connectivity index (χ4n) is 2.61. The SMILES string of the molecule is Cc1cc(O)ccc1-c1cscc1-c1ccc(O)cc1C. The van der Waals surface area contributed by atoms with Crippen LogP contribution >= 0.6 is 11.3 Å². The number of benzene rings is 2. The molecule has 0 atom stereocenters. The molecule has 2 N–H and O–H groups in total. The molecule has 2 aromatic carbocycles. The number of phenolic OH excluding ortho intramolecular Hbond substituents is 2. The average Bonchev–Trinajstić information content (AvgIpc) is 2.87. The molecule has 0 unspecified atom stereocenters. The van der Waals surface area contributed by atoms with Crippen LogP contribution in [-0.2, 0) is 0 Å². The van der Waals surface area contributed by atoms with Crippen LogP contribution < -0.4 is 0 Å². The molecule has 21 heavy (non-hydrogen) atoms. The maximum absolute atomic E-state index is 9.57. The zero-order chi connectivity index (χ0) is 15.0. The fraction of sp³-hybridized carbons (Fsp3) is 0.111. The number of aryl methyl sites for hydroxylation is 2. The summed E-state index contributed by atoms with van der Waals surface area (Å²) in [4.78, 5) is 0. The van der Waals surface area contributed by atoms with E-state index in [1.165, 1.54) is 0 Å². The largest absolute Gasteiger partial charge is 0.508 e. The van der Waals surface area contributed by atoms with Crippen LogP contribution in [0.25, 0.3) is 22.3 Å². The molecule has 1 aromatic heterocycles. The normalized spacial score (nSPS) is 10.8. The lowest BCUT2D eigenvalue weighted by atomic mass is 9.93. The summed E-state index contributed by atoms with van der Waals surface area (Å²) < 4.78 is 0. The van der Waals surface area contributed by atoms with E-state index in [9.17, 15) is 10.2 Å². The van der Waals surface area contributed by atoms with Crippen molar-refractivity contribution in [2.75, 3.05) is 0 Å². The van der Waals surface area contributed by atoms with E-state index in [1.807, 2.05) is 26.0 Å². The van der Waals surface area contributed by atoms with Crippen molar-refractivity contribution >= 4 is 11.3 Å². The molecule has 0 aliphatic carbocycles. The van der Waals surface area contributed by atoms with Crippen LogP contribution in [0.2, 0.25) is 0 Å². The van der Waals surface area contributed by atoms with Gasteiger partial charge in [-0.2, -0.15) is 11.3 Å². The number of hydrogen-bond acceptors (Lipinski definition) is 3. The zero-order valence-electron chi connectivity index (χ0n) is 11.9. The summed E-state index contributed by atoms with van der Waals surface area (Å²) in [7, 11) is 0. The lowest BCUT2D eigenvalue weighted by Crippen LogP contribution is -1.86. The predicted octanol–water partition coefficient (Wildman–Crippen LogP) is 5.11. The Kier molecular flexibility index (Phi) is 3.43. The number of hydrogen-bond donors (Lipinski definition) is 2. The Balaban J connectivity index is 2.17. The Labute approximate surface area is 128 Å². The fourth-order valence-corrected chi connectivity index (χ4v) is 3.46. The molecule has 0 bridgehead atoms. The molecule has 3 heteroatoms. The van der Waals surface area contributed by atoms with Crippen molar-refractivity contribution in [2.45, 2.75) is 13.8 Å². The Hall–Kier alpha value is -2.26. The minimum Gasteiger partial charge on any atom is -0.508 e. The van der Waals surface area contributed by atoms with Gasteiger partial charge in [0.25, 0.3) is 0 Å². The van der Waals surface area contributed by atoms with Crippen LogP contribution in [0.5, 0.6) is 11.5 Å². The maximum Gasteiger partial charge on any atom is 0.115 e. The molecule has 0 aliphatic heterocycles. The van der Waals surface area contributed by atoms with Crippen molar-refractivity contribution in [3.05, 3.63) is 58.3 Å². The molecular formula is C18H16O2S. The Morgan fingerprint density at radius 1 is 0.667 bits per heavy atom.